The SMILES string of the molecule is CCC(C)C(NC(=O)C(CC(C)C)NC(=O)C(CC(N)=O)NC(=O)C(C)NC(=O)C(Cc1ccccc1)NC(=O)C(CC(N)=O)NC(=O)C(CC(C)C)NC(=O)C(CC(C)C)NC(=O)C(N)CO)C(=O)NC(CCC(=O)O)C(=O)O. The van der Waals surface area contributed by atoms with Gasteiger partial charge >= 0.3 is 11.9 Å². The zero-order valence-electron chi connectivity index (χ0n) is 46.9. The maximum Gasteiger partial charge on any atom is 0.326 e. The maximum atomic E-state index is 14.1. The summed E-state index contributed by atoms with van der Waals surface area (Å²) in [5.41, 5.74) is 17.1. The Morgan fingerprint density at radius 3 is 1.25 bits per heavy atom. The first-order valence-corrected chi connectivity index (χ1v) is 26.4. The fourth-order valence-electron chi connectivity index (χ4n) is 7.86. The van der Waals surface area contributed by atoms with Gasteiger partial charge < -0.3 is 80.4 Å². The molecule has 0 heterocycles. The van der Waals surface area contributed by atoms with Crippen molar-refractivity contribution in [3.63, 3.8) is 0 Å². The van der Waals surface area contributed by atoms with Crippen molar-refractivity contribution in [2.75, 3.05) is 6.61 Å². The fourth-order valence-corrected chi connectivity index (χ4v) is 7.86. The number of hydrogen-bond donors (Lipinski definition) is 15. The van der Waals surface area contributed by atoms with Crippen molar-refractivity contribution in [3.8, 4) is 0 Å². The highest BCUT2D eigenvalue weighted by molar-refractivity contribution is 6.00. The lowest BCUT2D eigenvalue weighted by Crippen LogP contribution is -2.61. The Balaban J connectivity index is 3.48. The molecule has 0 saturated carbocycles. The van der Waals surface area contributed by atoms with Crippen LogP contribution in [0.2, 0.25) is 0 Å². The van der Waals surface area contributed by atoms with Gasteiger partial charge in [0.25, 0.3) is 0 Å². The Labute approximate surface area is 465 Å². The van der Waals surface area contributed by atoms with E-state index in [4.69, 9.17) is 22.3 Å². The molecule has 11 atom stereocenters. The highest BCUT2D eigenvalue weighted by Crippen LogP contribution is 2.14. The summed E-state index contributed by atoms with van der Waals surface area (Å²) in [6.07, 6.45) is -2.49. The van der Waals surface area contributed by atoms with Crippen molar-refractivity contribution in [2.24, 2.45) is 40.9 Å². The van der Waals surface area contributed by atoms with Gasteiger partial charge in [-0.15, -0.1) is 0 Å². The van der Waals surface area contributed by atoms with Crippen LogP contribution in [-0.4, -0.2) is 159 Å². The van der Waals surface area contributed by atoms with Crippen LogP contribution < -0.4 is 65.1 Å². The number of aliphatic hydroxyl groups is 1. The van der Waals surface area contributed by atoms with Gasteiger partial charge in [0, 0.05) is 12.8 Å². The lowest BCUT2D eigenvalue weighted by Gasteiger charge is -2.29. The summed E-state index contributed by atoms with van der Waals surface area (Å²) in [5.74, 6) is -14.8. The van der Waals surface area contributed by atoms with Crippen LogP contribution in [-0.2, 0) is 68.7 Å². The Kier molecular flexibility index (Phi) is 30.7. The van der Waals surface area contributed by atoms with Gasteiger partial charge in [-0.1, -0.05) is 92.1 Å². The second kappa shape index (κ2) is 35.0. The van der Waals surface area contributed by atoms with Crippen LogP contribution >= 0.6 is 0 Å². The van der Waals surface area contributed by atoms with Crippen molar-refractivity contribution in [1.29, 1.82) is 0 Å². The van der Waals surface area contributed by atoms with Crippen LogP contribution in [0.15, 0.2) is 30.3 Å². The minimum atomic E-state index is -1.76. The molecule has 0 aliphatic carbocycles. The third kappa shape index (κ3) is 26.3. The number of aliphatic carboxylic acids is 2. The molecule has 18 N–H and O–H groups in total. The number of benzene rings is 1. The standard InChI is InChI=1S/C52H84N12O16/c1-10-28(8)42(51(78)57-32(52(79)80)16-17-41(68)69)64-50(77)35(20-27(6)7)61-48(75)37(22-39(54)66)58-43(70)29(9)56-45(72)36(21-30-14-12-11-13-15-30)62-49(76)38(23-40(55)67)63-47(74)34(19-26(4)5)60-46(73)33(18-25(2)3)59-44(71)31(53)24-65/h11-15,25-29,31-38,42,65H,10,16-24,53H2,1-9H3,(H2,54,66)(H2,55,67)(H,56,72)(H,57,78)(H,58,70)(H,59,71)(H,60,73)(H,61,75)(H,62,76)(H,63,74)(H,64,77)(H,68,69)(H,79,80). The molecule has 11 unspecified atom stereocenters. The molecule has 1 aromatic rings. The second-order valence-electron chi connectivity index (χ2n) is 21.0. The van der Waals surface area contributed by atoms with Crippen molar-refractivity contribution in [1.82, 2.24) is 47.9 Å². The Hall–Kier alpha value is -7.75. The molecule has 1 rings (SSSR count). The van der Waals surface area contributed by atoms with E-state index >= 15 is 0 Å². The van der Waals surface area contributed by atoms with E-state index in [-0.39, 0.29) is 43.4 Å². The monoisotopic (exact) mass is 1130 g/mol. The number of amides is 11. The molecule has 0 spiro atoms. The van der Waals surface area contributed by atoms with Gasteiger partial charge in [-0.05, 0) is 61.8 Å². The van der Waals surface area contributed by atoms with Gasteiger partial charge in [0.2, 0.25) is 65.0 Å². The number of nitrogens with two attached hydrogens (primary N) is 3. The molecule has 28 nitrogen and oxygen atoms in total. The van der Waals surface area contributed by atoms with Crippen molar-refractivity contribution in [3.05, 3.63) is 35.9 Å². The Morgan fingerprint density at radius 1 is 0.475 bits per heavy atom. The second-order valence-corrected chi connectivity index (χ2v) is 21.0. The van der Waals surface area contributed by atoms with E-state index in [1.54, 1.807) is 85.7 Å². The van der Waals surface area contributed by atoms with Gasteiger partial charge in [0.1, 0.15) is 60.4 Å². The van der Waals surface area contributed by atoms with Gasteiger partial charge in [-0.25, -0.2) is 4.79 Å². The molecule has 0 radical (unpaired) electrons. The lowest BCUT2D eigenvalue weighted by molar-refractivity contribution is -0.144. The predicted octanol–water partition coefficient (Wildman–Crippen LogP) is -3.18. The Morgan fingerprint density at radius 2 is 0.850 bits per heavy atom. The molecule has 0 aromatic heterocycles. The van der Waals surface area contributed by atoms with Gasteiger partial charge in [0.05, 0.1) is 19.4 Å². The first-order valence-electron chi connectivity index (χ1n) is 26.4. The smallest absolute Gasteiger partial charge is 0.326 e. The normalized spacial score (nSPS) is 15.3. The topological polar surface area (TPSA) is 469 Å². The number of aliphatic hydroxyl groups excluding tert-OH is 1. The van der Waals surface area contributed by atoms with E-state index in [2.05, 4.69) is 47.9 Å². The number of carbonyl (C=O) groups is 13. The average molecular weight is 1130 g/mol. The number of primary amides is 2. The van der Waals surface area contributed by atoms with Crippen LogP contribution in [0.3, 0.4) is 0 Å². The van der Waals surface area contributed by atoms with Crippen LogP contribution in [0.1, 0.15) is 119 Å². The summed E-state index contributed by atoms with van der Waals surface area (Å²) < 4.78 is 0. The van der Waals surface area contributed by atoms with E-state index in [9.17, 15) is 72.5 Å². The van der Waals surface area contributed by atoms with E-state index in [0.29, 0.717) is 12.0 Å². The van der Waals surface area contributed by atoms with Gasteiger partial charge in [0.15, 0.2) is 0 Å². The van der Waals surface area contributed by atoms with Crippen LogP contribution in [0.25, 0.3) is 0 Å². The molecule has 80 heavy (non-hydrogen) atoms. The summed E-state index contributed by atoms with van der Waals surface area (Å²) in [7, 11) is 0. The van der Waals surface area contributed by atoms with E-state index in [0.717, 1.165) is 0 Å². The number of carboxylic acid groups (broad SMARTS) is 2. The molecule has 1 aromatic carbocycles. The quantitative estimate of drug-likeness (QED) is 0.0312. The Bertz CT molecular complexity index is 2320. The zero-order valence-corrected chi connectivity index (χ0v) is 46.9. The summed E-state index contributed by atoms with van der Waals surface area (Å²) in [5, 5.41) is 50.1. The highest BCUT2D eigenvalue weighted by atomic mass is 16.4. The molecule has 11 amide bonds. The zero-order chi connectivity index (χ0) is 61.1. The minimum Gasteiger partial charge on any atom is -0.481 e. The number of carbonyl (C=O) groups excluding carboxylic acids is 11. The maximum absolute atomic E-state index is 14.1. The number of rotatable bonds is 37. The van der Waals surface area contributed by atoms with E-state index in [1.165, 1.54) is 6.92 Å². The molecular weight excluding hydrogens is 1050 g/mol. The van der Waals surface area contributed by atoms with Crippen LogP contribution in [0.5, 0.6) is 0 Å². The van der Waals surface area contributed by atoms with E-state index in [1.807, 2.05) is 0 Å². The van der Waals surface area contributed by atoms with Crippen molar-refractivity contribution < 1.29 is 77.6 Å². The third-order valence-corrected chi connectivity index (χ3v) is 12.4. The fraction of sp³-hybridized carbons (Fsp3) is 0.635. The molecule has 0 fully saturated rings. The number of nitrogens with one attached hydrogen (secondary N) is 9. The molecule has 28 heteroatoms. The predicted molar refractivity (Wildman–Crippen MR) is 288 cm³/mol. The van der Waals surface area contributed by atoms with Crippen molar-refractivity contribution >= 4 is 76.9 Å². The molecule has 0 saturated heterocycles. The van der Waals surface area contributed by atoms with Crippen molar-refractivity contribution in [2.45, 2.75) is 181 Å². The summed E-state index contributed by atoms with van der Waals surface area (Å²) in [4.78, 5) is 171. The highest BCUT2D eigenvalue weighted by Gasteiger charge is 2.37. The lowest BCUT2D eigenvalue weighted by atomic mass is 9.96. The summed E-state index contributed by atoms with van der Waals surface area (Å²) in [6.45, 7) is 14.3. The molecule has 448 valence electrons. The third-order valence-electron chi connectivity index (χ3n) is 12.4. The molecular formula is C52H84N12O16. The van der Waals surface area contributed by atoms with Gasteiger partial charge in [-0.3, -0.25) is 57.5 Å². The summed E-state index contributed by atoms with van der Waals surface area (Å²) in [6, 6.07) is -6.61. The molecule has 0 aliphatic rings. The molecule has 0 aliphatic heterocycles. The number of hydrogen-bond acceptors (Lipinski definition) is 15. The minimum absolute atomic E-state index is 0.00645. The van der Waals surface area contributed by atoms with E-state index < -0.39 is 176 Å². The summed E-state index contributed by atoms with van der Waals surface area (Å²) >= 11 is 0. The van der Waals surface area contributed by atoms with Crippen LogP contribution in [0, 0.1) is 23.7 Å². The number of carboxylic acids is 2. The van der Waals surface area contributed by atoms with Gasteiger partial charge in [-0.2, -0.15) is 0 Å². The van der Waals surface area contributed by atoms with Crippen LogP contribution in [0.4, 0.5) is 0 Å². The average Bonchev–Trinajstić information content (AvgIpc) is 3.36. The first kappa shape index (κ1) is 70.3. The first-order chi connectivity index (χ1) is 37.3. The largest absolute Gasteiger partial charge is 0.481 e. The molecule has 0 bridgehead atoms.